The normalized spacial score (nSPS) is 10.4. The van der Waals surface area contributed by atoms with Gasteiger partial charge in [0.05, 0.1) is 34.8 Å². The summed E-state index contributed by atoms with van der Waals surface area (Å²) >= 11 is 1.24. The van der Waals surface area contributed by atoms with Crippen molar-refractivity contribution in [3.05, 3.63) is 85.4 Å². The number of para-hydroxylation sites is 1. The van der Waals surface area contributed by atoms with E-state index in [-0.39, 0.29) is 36.7 Å². The topological polar surface area (TPSA) is 138 Å². The number of aromatic nitrogens is 1. The summed E-state index contributed by atoms with van der Waals surface area (Å²) in [5, 5.41) is 16.2. The van der Waals surface area contributed by atoms with Gasteiger partial charge in [-0.2, -0.15) is 0 Å². The average molecular weight is 484 g/mol. The number of nitrogens with zero attached hydrogens (tertiary/aromatic N) is 2. The minimum atomic E-state index is -0.860. The van der Waals surface area contributed by atoms with Crippen LogP contribution in [-0.2, 0) is 27.3 Å². The van der Waals surface area contributed by atoms with Gasteiger partial charge < -0.3 is 14.8 Å². The molecule has 3 aromatic rings. The predicted octanol–water partition coefficient (Wildman–Crippen LogP) is 4.07. The number of carbonyl (C=O) groups excluding carboxylic acids is 3. The first-order valence-electron chi connectivity index (χ1n) is 10.2. The zero-order valence-electron chi connectivity index (χ0n) is 18.4. The summed E-state index contributed by atoms with van der Waals surface area (Å²) in [6.45, 7) is 3.37. The lowest BCUT2D eigenvalue weighted by Gasteiger charge is -2.07. The lowest BCUT2D eigenvalue weighted by Crippen LogP contribution is -2.15. The molecule has 1 aromatic heterocycles. The molecule has 34 heavy (non-hydrogen) atoms. The van der Waals surface area contributed by atoms with Crippen LogP contribution in [-0.4, -0.2) is 34.4 Å². The molecule has 0 atom stereocenters. The number of non-ortho nitro benzene ring substituents is 1. The van der Waals surface area contributed by atoms with Crippen LogP contribution >= 0.6 is 11.3 Å². The number of esters is 2. The first kappa shape index (κ1) is 24.5. The van der Waals surface area contributed by atoms with E-state index in [9.17, 15) is 24.5 Å². The number of thiazole rings is 1. The highest BCUT2D eigenvalue weighted by molar-refractivity contribution is 7.09. The first-order valence-corrected chi connectivity index (χ1v) is 11.1. The van der Waals surface area contributed by atoms with Crippen molar-refractivity contribution in [1.82, 2.24) is 4.98 Å². The van der Waals surface area contributed by atoms with Crippen molar-refractivity contribution in [3.63, 3.8) is 0 Å². The number of nitro benzene ring substituents is 1. The maximum absolute atomic E-state index is 12.5. The van der Waals surface area contributed by atoms with Crippen LogP contribution in [0.1, 0.15) is 43.9 Å². The average Bonchev–Trinajstić information content (AvgIpc) is 3.25. The largest absolute Gasteiger partial charge is 0.462 e. The van der Waals surface area contributed by atoms with Gasteiger partial charge in [0.1, 0.15) is 11.6 Å². The fourth-order valence-electron chi connectivity index (χ4n) is 2.93. The standard InChI is InChI=1S/C23H21N3O7S/c1-3-32-22(28)15-8-16(10-18(9-15)26(30)31)23(29)33-12-17-13-34-21(24-17)11-20(27)25-19-7-5-4-6-14(19)2/h4-10,13H,3,11-12H2,1-2H3,(H,25,27). The van der Waals surface area contributed by atoms with Gasteiger partial charge in [-0.15, -0.1) is 11.3 Å². The molecule has 1 heterocycles. The summed E-state index contributed by atoms with van der Waals surface area (Å²) in [6, 6.07) is 10.6. The lowest BCUT2D eigenvalue weighted by molar-refractivity contribution is -0.384. The number of aryl methyl sites for hydroxylation is 1. The van der Waals surface area contributed by atoms with E-state index < -0.39 is 22.5 Å². The molecule has 3 rings (SSSR count). The third kappa shape index (κ3) is 6.45. The Morgan fingerprint density at radius 2 is 1.76 bits per heavy atom. The fraction of sp³-hybridized carbons (Fsp3) is 0.217. The Morgan fingerprint density at radius 3 is 2.41 bits per heavy atom. The Bertz CT molecular complexity index is 1240. The molecule has 11 heteroatoms. The highest BCUT2D eigenvalue weighted by Gasteiger charge is 2.20. The zero-order chi connectivity index (χ0) is 24.7. The molecule has 0 bridgehead atoms. The number of nitro groups is 1. The molecule has 10 nitrogen and oxygen atoms in total. The predicted molar refractivity (Wildman–Crippen MR) is 124 cm³/mol. The monoisotopic (exact) mass is 483 g/mol. The van der Waals surface area contributed by atoms with Crippen molar-refractivity contribution in [2.75, 3.05) is 11.9 Å². The van der Waals surface area contributed by atoms with E-state index in [0.717, 1.165) is 23.4 Å². The molecule has 0 radical (unpaired) electrons. The maximum Gasteiger partial charge on any atom is 0.338 e. The quantitative estimate of drug-likeness (QED) is 0.273. The van der Waals surface area contributed by atoms with Crippen LogP contribution in [0.2, 0.25) is 0 Å². The second kappa shape index (κ2) is 11.1. The van der Waals surface area contributed by atoms with Gasteiger partial charge in [-0.1, -0.05) is 18.2 Å². The van der Waals surface area contributed by atoms with E-state index in [0.29, 0.717) is 10.7 Å². The third-order valence-electron chi connectivity index (χ3n) is 4.56. The van der Waals surface area contributed by atoms with E-state index in [1.54, 1.807) is 18.4 Å². The fourth-order valence-corrected chi connectivity index (χ4v) is 3.71. The van der Waals surface area contributed by atoms with Gasteiger partial charge in [0.15, 0.2) is 0 Å². The molecular weight excluding hydrogens is 462 g/mol. The molecule has 0 spiro atoms. The Kier molecular flexibility index (Phi) is 8.04. The molecule has 1 N–H and O–H groups in total. The minimum absolute atomic E-state index is 0.0563. The number of hydrogen-bond donors (Lipinski definition) is 1. The van der Waals surface area contributed by atoms with E-state index in [2.05, 4.69) is 10.3 Å². The highest BCUT2D eigenvalue weighted by atomic mass is 32.1. The van der Waals surface area contributed by atoms with Crippen LogP contribution < -0.4 is 5.32 Å². The number of anilines is 1. The smallest absolute Gasteiger partial charge is 0.338 e. The van der Waals surface area contributed by atoms with Crippen LogP contribution in [0.15, 0.2) is 47.8 Å². The van der Waals surface area contributed by atoms with Crippen LogP contribution in [0.25, 0.3) is 0 Å². The second-order valence-corrected chi connectivity index (χ2v) is 8.04. The number of hydrogen-bond acceptors (Lipinski definition) is 9. The summed E-state index contributed by atoms with van der Waals surface area (Å²) in [5.74, 6) is -1.87. The van der Waals surface area contributed by atoms with Crippen molar-refractivity contribution in [2.24, 2.45) is 0 Å². The first-order chi connectivity index (χ1) is 16.3. The van der Waals surface area contributed by atoms with E-state index in [1.807, 2.05) is 25.1 Å². The molecule has 0 saturated heterocycles. The number of carbonyl (C=O) groups is 3. The molecule has 0 saturated carbocycles. The summed E-state index contributed by atoms with van der Waals surface area (Å²) in [6.07, 6.45) is 0.0563. The number of nitrogens with one attached hydrogen (secondary N) is 1. The molecule has 2 aromatic carbocycles. The summed E-state index contributed by atoms with van der Waals surface area (Å²) < 4.78 is 10.1. The van der Waals surface area contributed by atoms with Gasteiger partial charge in [-0.25, -0.2) is 14.6 Å². The molecule has 176 valence electrons. The van der Waals surface area contributed by atoms with Crippen molar-refractivity contribution < 1.29 is 28.8 Å². The van der Waals surface area contributed by atoms with E-state index in [4.69, 9.17) is 9.47 Å². The Morgan fingerprint density at radius 1 is 1.09 bits per heavy atom. The van der Waals surface area contributed by atoms with Crippen molar-refractivity contribution in [1.29, 1.82) is 0 Å². The number of rotatable bonds is 9. The molecule has 1 amide bonds. The molecule has 0 fully saturated rings. The number of ether oxygens (including phenoxy) is 2. The van der Waals surface area contributed by atoms with Gasteiger partial charge in [-0.3, -0.25) is 14.9 Å². The van der Waals surface area contributed by atoms with E-state index in [1.165, 1.54) is 17.4 Å². The van der Waals surface area contributed by atoms with Gasteiger partial charge >= 0.3 is 11.9 Å². The van der Waals surface area contributed by atoms with Crippen molar-refractivity contribution >= 4 is 40.6 Å². The highest BCUT2D eigenvalue weighted by Crippen LogP contribution is 2.20. The Hall–Kier alpha value is -4.12. The maximum atomic E-state index is 12.5. The Balaban J connectivity index is 1.62. The SMILES string of the molecule is CCOC(=O)c1cc(C(=O)OCc2csc(CC(=O)Nc3ccccc3C)n2)cc([N+](=O)[O-])c1. The molecular formula is C23H21N3O7S. The Labute approximate surface area is 198 Å². The molecule has 0 aliphatic carbocycles. The summed E-state index contributed by atoms with van der Waals surface area (Å²) in [7, 11) is 0. The van der Waals surface area contributed by atoms with Gasteiger partial charge in [-0.05, 0) is 31.5 Å². The summed E-state index contributed by atoms with van der Waals surface area (Å²) in [4.78, 5) is 51.5. The summed E-state index contributed by atoms with van der Waals surface area (Å²) in [5.41, 5.74) is 1.36. The van der Waals surface area contributed by atoms with Crippen molar-refractivity contribution in [2.45, 2.75) is 26.9 Å². The number of amides is 1. The zero-order valence-corrected chi connectivity index (χ0v) is 19.2. The van der Waals surface area contributed by atoms with E-state index >= 15 is 0 Å². The molecule has 0 aliphatic heterocycles. The molecule has 0 unspecified atom stereocenters. The van der Waals surface area contributed by atoms with Crippen LogP contribution in [0.5, 0.6) is 0 Å². The lowest BCUT2D eigenvalue weighted by atomic mass is 10.1. The second-order valence-electron chi connectivity index (χ2n) is 7.09. The van der Waals surface area contributed by atoms with Crippen molar-refractivity contribution in [3.8, 4) is 0 Å². The minimum Gasteiger partial charge on any atom is -0.462 e. The van der Waals surface area contributed by atoms with Gasteiger partial charge in [0, 0.05) is 23.2 Å². The third-order valence-corrected chi connectivity index (χ3v) is 5.45. The van der Waals surface area contributed by atoms with Gasteiger partial charge in [0.2, 0.25) is 5.91 Å². The number of benzene rings is 2. The molecule has 0 aliphatic rings. The van der Waals surface area contributed by atoms with Crippen LogP contribution in [0.4, 0.5) is 11.4 Å². The van der Waals surface area contributed by atoms with Crippen LogP contribution in [0, 0.1) is 17.0 Å². The van der Waals surface area contributed by atoms with Crippen LogP contribution in [0.3, 0.4) is 0 Å². The van der Waals surface area contributed by atoms with Gasteiger partial charge in [0.25, 0.3) is 5.69 Å².